The normalized spacial score (nSPS) is 15.3. The molecule has 1 saturated heterocycles. The van der Waals surface area contributed by atoms with Crippen LogP contribution in [0.4, 0.5) is 16.0 Å². The van der Waals surface area contributed by atoms with Crippen molar-refractivity contribution in [3.8, 4) is 5.75 Å². The fourth-order valence-corrected chi connectivity index (χ4v) is 3.59. The molecule has 3 aromatic heterocycles. The maximum atomic E-state index is 14.9. The van der Waals surface area contributed by atoms with Gasteiger partial charge in [-0.05, 0) is 18.9 Å². The topological polar surface area (TPSA) is 65.3 Å². The molecule has 0 aromatic carbocycles. The van der Waals surface area contributed by atoms with E-state index in [0.29, 0.717) is 19.0 Å². The van der Waals surface area contributed by atoms with Gasteiger partial charge in [-0.1, -0.05) is 11.6 Å². The van der Waals surface area contributed by atoms with E-state index in [1.807, 2.05) is 10.7 Å². The molecule has 0 saturated carbocycles. The Bertz CT molecular complexity index is 974. The first kappa shape index (κ1) is 17.9. The predicted octanol–water partition coefficient (Wildman–Crippen LogP) is 3.75. The number of ether oxygens (including phenoxy) is 2. The highest BCUT2D eigenvalue weighted by atomic mass is 35.5. The van der Waals surface area contributed by atoms with Crippen molar-refractivity contribution >= 4 is 34.1 Å². The number of anilines is 2. The van der Waals surface area contributed by atoms with E-state index < -0.39 is 5.82 Å². The van der Waals surface area contributed by atoms with E-state index in [4.69, 9.17) is 26.2 Å². The van der Waals surface area contributed by atoms with Gasteiger partial charge in [0, 0.05) is 32.7 Å². The minimum absolute atomic E-state index is 0.0418. The molecule has 27 heavy (non-hydrogen) atoms. The Kier molecular flexibility index (Phi) is 4.84. The van der Waals surface area contributed by atoms with Crippen molar-refractivity contribution in [2.24, 2.45) is 0 Å². The fourth-order valence-electron chi connectivity index (χ4n) is 3.39. The van der Waals surface area contributed by atoms with Gasteiger partial charge in [0.15, 0.2) is 17.4 Å². The Hall–Kier alpha value is -2.45. The average molecular weight is 392 g/mol. The van der Waals surface area contributed by atoms with Crippen LogP contribution in [0.15, 0.2) is 24.7 Å². The van der Waals surface area contributed by atoms with Gasteiger partial charge in [-0.25, -0.2) is 4.98 Å². The summed E-state index contributed by atoms with van der Waals surface area (Å²) in [5.74, 6) is -0.0241. The van der Waals surface area contributed by atoms with Crippen molar-refractivity contribution in [3.05, 3.63) is 35.5 Å². The zero-order valence-electron chi connectivity index (χ0n) is 15.0. The van der Waals surface area contributed by atoms with Gasteiger partial charge in [0.05, 0.1) is 30.3 Å². The molecule has 3 aromatic rings. The van der Waals surface area contributed by atoms with Crippen molar-refractivity contribution in [2.45, 2.75) is 18.9 Å². The minimum Gasteiger partial charge on any atom is -0.492 e. The van der Waals surface area contributed by atoms with Crippen LogP contribution in [0.3, 0.4) is 0 Å². The smallest absolute Gasteiger partial charge is 0.209 e. The molecule has 0 radical (unpaired) electrons. The van der Waals surface area contributed by atoms with Crippen LogP contribution in [0.5, 0.6) is 5.75 Å². The molecular formula is C18H19ClFN5O2. The van der Waals surface area contributed by atoms with Gasteiger partial charge in [0.25, 0.3) is 0 Å². The standard InChI is InChI=1S/C18H19ClFN5O2/c1-24(18-15(20)16(26-2)13(19)10-22-18)17-12-9-21-6-3-14(12)25(23-17)11-4-7-27-8-5-11/h3,6,9-11H,4-5,7-8H2,1-2H3. The van der Waals surface area contributed by atoms with Gasteiger partial charge in [0.2, 0.25) is 5.82 Å². The Balaban J connectivity index is 1.82. The molecule has 0 spiro atoms. The minimum atomic E-state index is -0.634. The van der Waals surface area contributed by atoms with Crippen LogP contribution in [0.2, 0.25) is 5.02 Å². The molecule has 0 unspecified atom stereocenters. The molecule has 0 amide bonds. The molecular weight excluding hydrogens is 373 g/mol. The number of nitrogens with zero attached hydrogens (tertiary/aromatic N) is 5. The number of hydrogen-bond donors (Lipinski definition) is 0. The summed E-state index contributed by atoms with van der Waals surface area (Å²) in [4.78, 5) is 9.95. The van der Waals surface area contributed by atoms with Gasteiger partial charge in [-0.15, -0.1) is 0 Å². The molecule has 4 heterocycles. The Morgan fingerprint density at radius 1 is 1.30 bits per heavy atom. The Morgan fingerprint density at radius 2 is 2.07 bits per heavy atom. The molecule has 0 aliphatic carbocycles. The largest absolute Gasteiger partial charge is 0.492 e. The van der Waals surface area contributed by atoms with Crippen LogP contribution in [0.25, 0.3) is 10.9 Å². The molecule has 0 atom stereocenters. The SMILES string of the molecule is COc1c(Cl)cnc(N(C)c2nn(C3CCOCC3)c3ccncc23)c1F. The second-order valence-corrected chi connectivity index (χ2v) is 6.75. The molecule has 9 heteroatoms. The number of rotatable bonds is 4. The number of methoxy groups -OCH3 is 1. The third-order valence-corrected chi connectivity index (χ3v) is 5.05. The van der Waals surface area contributed by atoms with E-state index in [-0.39, 0.29) is 22.6 Å². The van der Waals surface area contributed by atoms with Crippen LogP contribution in [0, 0.1) is 5.82 Å². The first-order chi connectivity index (χ1) is 13.1. The lowest BCUT2D eigenvalue weighted by molar-refractivity contribution is 0.0675. The lowest BCUT2D eigenvalue weighted by atomic mass is 10.1. The monoisotopic (exact) mass is 391 g/mol. The quantitative estimate of drug-likeness (QED) is 0.675. The van der Waals surface area contributed by atoms with Gasteiger partial charge < -0.3 is 14.4 Å². The zero-order chi connectivity index (χ0) is 19.0. The highest BCUT2D eigenvalue weighted by Crippen LogP contribution is 2.37. The Labute approximate surface area is 160 Å². The van der Waals surface area contributed by atoms with Crippen molar-refractivity contribution in [1.29, 1.82) is 0 Å². The summed E-state index contributed by atoms with van der Waals surface area (Å²) in [5.41, 5.74) is 0.945. The first-order valence-corrected chi connectivity index (χ1v) is 9.01. The maximum Gasteiger partial charge on any atom is 0.209 e. The summed E-state index contributed by atoms with van der Waals surface area (Å²) in [5, 5.41) is 5.71. The van der Waals surface area contributed by atoms with E-state index in [1.165, 1.54) is 13.3 Å². The van der Waals surface area contributed by atoms with E-state index in [1.54, 1.807) is 24.3 Å². The number of halogens is 2. The van der Waals surface area contributed by atoms with Crippen LogP contribution in [-0.4, -0.2) is 47.1 Å². The molecule has 1 aliphatic heterocycles. The second kappa shape index (κ2) is 7.28. The molecule has 0 bridgehead atoms. The van der Waals surface area contributed by atoms with Gasteiger partial charge in [0.1, 0.15) is 5.02 Å². The van der Waals surface area contributed by atoms with Crippen molar-refractivity contribution in [2.75, 3.05) is 32.3 Å². The number of hydrogen-bond acceptors (Lipinski definition) is 6. The third kappa shape index (κ3) is 3.08. The fraction of sp³-hybridized carbons (Fsp3) is 0.389. The van der Waals surface area contributed by atoms with Crippen LogP contribution in [0.1, 0.15) is 18.9 Å². The maximum absolute atomic E-state index is 14.9. The molecule has 0 N–H and O–H groups in total. The van der Waals surface area contributed by atoms with Gasteiger partial charge >= 0.3 is 0 Å². The van der Waals surface area contributed by atoms with E-state index in [0.717, 1.165) is 23.7 Å². The first-order valence-electron chi connectivity index (χ1n) is 8.63. The molecule has 1 fully saturated rings. The van der Waals surface area contributed by atoms with E-state index >= 15 is 0 Å². The summed E-state index contributed by atoms with van der Waals surface area (Å²) in [6, 6.07) is 2.14. The number of aromatic nitrogens is 4. The highest BCUT2D eigenvalue weighted by molar-refractivity contribution is 6.32. The average Bonchev–Trinajstić information content (AvgIpc) is 3.08. The van der Waals surface area contributed by atoms with E-state index in [9.17, 15) is 4.39 Å². The summed E-state index contributed by atoms with van der Waals surface area (Å²) < 4.78 is 27.4. The van der Waals surface area contributed by atoms with Gasteiger partial charge in [-0.2, -0.15) is 9.49 Å². The summed E-state index contributed by atoms with van der Waals surface area (Å²) in [6.07, 6.45) is 6.58. The third-order valence-electron chi connectivity index (χ3n) is 4.78. The lowest BCUT2D eigenvalue weighted by Gasteiger charge is -2.23. The molecule has 4 rings (SSSR count). The van der Waals surface area contributed by atoms with Crippen LogP contribution < -0.4 is 9.64 Å². The number of fused-ring (bicyclic) bond motifs is 1. The Morgan fingerprint density at radius 3 is 2.81 bits per heavy atom. The summed E-state index contributed by atoms with van der Waals surface area (Å²) in [6.45, 7) is 1.40. The van der Waals surface area contributed by atoms with Crippen LogP contribution in [-0.2, 0) is 4.74 Å². The van der Waals surface area contributed by atoms with Crippen molar-refractivity contribution in [3.63, 3.8) is 0 Å². The van der Waals surface area contributed by atoms with Crippen molar-refractivity contribution < 1.29 is 13.9 Å². The van der Waals surface area contributed by atoms with Crippen LogP contribution >= 0.6 is 11.6 Å². The highest BCUT2D eigenvalue weighted by Gasteiger charge is 2.25. The number of pyridine rings is 2. The predicted molar refractivity (Wildman–Crippen MR) is 100 cm³/mol. The molecule has 142 valence electrons. The summed E-state index contributed by atoms with van der Waals surface area (Å²) in [7, 11) is 3.08. The lowest BCUT2D eigenvalue weighted by Crippen LogP contribution is -2.21. The van der Waals surface area contributed by atoms with Crippen molar-refractivity contribution in [1.82, 2.24) is 19.7 Å². The molecule has 7 nitrogen and oxygen atoms in total. The van der Waals surface area contributed by atoms with E-state index in [2.05, 4.69) is 9.97 Å². The summed E-state index contributed by atoms with van der Waals surface area (Å²) >= 11 is 5.97. The van der Waals surface area contributed by atoms with Gasteiger partial charge in [-0.3, -0.25) is 9.67 Å². The second-order valence-electron chi connectivity index (χ2n) is 6.34. The molecule has 1 aliphatic rings. The zero-order valence-corrected chi connectivity index (χ0v) is 15.8.